The van der Waals surface area contributed by atoms with Gasteiger partial charge >= 0.3 is 5.97 Å². The highest BCUT2D eigenvalue weighted by molar-refractivity contribution is 5.97. The van der Waals surface area contributed by atoms with Gasteiger partial charge in [-0.1, -0.05) is 12.1 Å². The summed E-state index contributed by atoms with van der Waals surface area (Å²) in [5.41, 5.74) is 0.466. The summed E-state index contributed by atoms with van der Waals surface area (Å²) in [5.74, 6) is -1.87. The molecule has 98 valence electrons. The zero-order chi connectivity index (χ0) is 13.8. The molecule has 1 amide bonds. The second kappa shape index (κ2) is 5.43. The SMILES string of the molecule is O=C(O)CCNC(=O)c1cnc2c(F)cccc2c1. The molecule has 1 aromatic heterocycles. The van der Waals surface area contributed by atoms with Gasteiger partial charge in [0.1, 0.15) is 11.3 Å². The van der Waals surface area contributed by atoms with Crippen LogP contribution in [0.1, 0.15) is 16.8 Å². The summed E-state index contributed by atoms with van der Waals surface area (Å²) in [4.78, 5) is 25.9. The van der Waals surface area contributed by atoms with E-state index in [4.69, 9.17) is 5.11 Å². The van der Waals surface area contributed by atoms with Gasteiger partial charge in [-0.15, -0.1) is 0 Å². The Morgan fingerprint density at radius 1 is 1.37 bits per heavy atom. The van der Waals surface area contributed by atoms with E-state index < -0.39 is 17.7 Å². The number of hydrogen-bond donors (Lipinski definition) is 2. The Balaban J connectivity index is 2.17. The monoisotopic (exact) mass is 262 g/mol. The Kier molecular flexibility index (Phi) is 3.70. The number of carbonyl (C=O) groups is 2. The van der Waals surface area contributed by atoms with E-state index in [0.29, 0.717) is 5.39 Å². The fraction of sp³-hybridized carbons (Fsp3) is 0.154. The summed E-state index contributed by atoms with van der Waals surface area (Å²) in [6.07, 6.45) is 1.11. The van der Waals surface area contributed by atoms with Gasteiger partial charge < -0.3 is 10.4 Å². The van der Waals surface area contributed by atoms with Crippen molar-refractivity contribution in [3.63, 3.8) is 0 Å². The lowest BCUT2D eigenvalue weighted by Gasteiger charge is -2.05. The fourth-order valence-corrected chi connectivity index (χ4v) is 1.63. The summed E-state index contributed by atoms with van der Waals surface area (Å²) < 4.78 is 13.4. The van der Waals surface area contributed by atoms with Crippen molar-refractivity contribution in [2.75, 3.05) is 6.54 Å². The smallest absolute Gasteiger partial charge is 0.305 e. The first-order chi connectivity index (χ1) is 9.08. The number of aromatic nitrogens is 1. The first-order valence-electron chi connectivity index (χ1n) is 5.62. The molecular weight excluding hydrogens is 251 g/mol. The number of benzene rings is 1. The highest BCUT2D eigenvalue weighted by Crippen LogP contribution is 2.16. The quantitative estimate of drug-likeness (QED) is 0.876. The lowest BCUT2D eigenvalue weighted by atomic mass is 10.1. The largest absolute Gasteiger partial charge is 0.481 e. The highest BCUT2D eigenvalue weighted by Gasteiger charge is 2.09. The molecule has 0 atom stereocenters. The molecule has 5 nitrogen and oxygen atoms in total. The van der Waals surface area contributed by atoms with Crippen molar-refractivity contribution in [3.05, 3.63) is 41.8 Å². The molecule has 0 bridgehead atoms. The Bertz CT molecular complexity index is 643. The van der Waals surface area contributed by atoms with Crippen LogP contribution in [0.3, 0.4) is 0 Å². The van der Waals surface area contributed by atoms with Crippen molar-refractivity contribution in [2.24, 2.45) is 0 Å². The van der Waals surface area contributed by atoms with E-state index in [2.05, 4.69) is 10.3 Å². The Labute approximate surface area is 108 Å². The number of pyridine rings is 1. The molecule has 0 aliphatic carbocycles. The molecule has 2 aromatic rings. The number of nitrogens with zero attached hydrogens (tertiary/aromatic N) is 1. The number of carboxylic acids is 1. The third-order valence-electron chi connectivity index (χ3n) is 2.55. The number of nitrogens with one attached hydrogen (secondary N) is 1. The molecule has 1 heterocycles. The summed E-state index contributed by atoms with van der Waals surface area (Å²) in [6.45, 7) is 0.0371. The summed E-state index contributed by atoms with van der Waals surface area (Å²) in [5, 5.41) is 11.4. The molecule has 0 saturated heterocycles. The van der Waals surface area contributed by atoms with Gasteiger partial charge in [-0.05, 0) is 12.1 Å². The molecule has 0 aliphatic rings. The zero-order valence-electron chi connectivity index (χ0n) is 9.89. The minimum atomic E-state index is -0.987. The number of aliphatic carboxylic acids is 1. The number of hydrogen-bond acceptors (Lipinski definition) is 3. The van der Waals surface area contributed by atoms with Gasteiger partial charge in [0.25, 0.3) is 5.91 Å². The molecule has 19 heavy (non-hydrogen) atoms. The number of fused-ring (bicyclic) bond motifs is 1. The number of amides is 1. The molecule has 6 heteroatoms. The van der Waals surface area contributed by atoms with Gasteiger partial charge in [0.2, 0.25) is 0 Å². The first kappa shape index (κ1) is 12.9. The molecule has 0 radical (unpaired) electrons. The predicted octanol–water partition coefficient (Wildman–Crippen LogP) is 1.58. The van der Waals surface area contributed by atoms with Crippen LogP contribution in [0.2, 0.25) is 0 Å². The van der Waals surface area contributed by atoms with Crippen LogP contribution in [-0.4, -0.2) is 28.5 Å². The average molecular weight is 262 g/mol. The standard InChI is InChI=1S/C13H11FN2O3/c14-10-3-1-2-8-6-9(7-16-12(8)10)13(19)15-5-4-11(17)18/h1-3,6-7H,4-5H2,(H,15,19)(H,17,18). The van der Waals surface area contributed by atoms with E-state index in [1.165, 1.54) is 24.4 Å². The molecule has 0 unspecified atom stereocenters. The highest BCUT2D eigenvalue weighted by atomic mass is 19.1. The van der Waals surface area contributed by atoms with Crippen molar-refractivity contribution >= 4 is 22.8 Å². The maximum Gasteiger partial charge on any atom is 0.305 e. The van der Waals surface area contributed by atoms with Crippen LogP contribution in [-0.2, 0) is 4.79 Å². The van der Waals surface area contributed by atoms with Gasteiger partial charge in [0.15, 0.2) is 0 Å². The number of para-hydroxylation sites is 1. The van der Waals surface area contributed by atoms with E-state index in [0.717, 1.165) is 0 Å². The van der Waals surface area contributed by atoms with Crippen LogP contribution >= 0.6 is 0 Å². The minimum Gasteiger partial charge on any atom is -0.481 e. The summed E-state index contributed by atoms with van der Waals surface area (Å²) in [6, 6.07) is 5.99. The van der Waals surface area contributed by atoms with E-state index in [1.54, 1.807) is 6.07 Å². The van der Waals surface area contributed by atoms with Crippen LogP contribution in [0.25, 0.3) is 10.9 Å². The summed E-state index contributed by atoms with van der Waals surface area (Å²) >= 11 is 0. The normalized spacial score (nSPS) is 10.4. The van der Waals surface area contributed by atoms with Gasteiger partial charge in [-0.25, -0.2) is 4.39 Å². The van der Waals surface area contributed by atoms with Crippen LogP contribution < -0.4 is 5.32 Å². The van der Waals surface area contributed by atoms with E-state index in [9.17, 15) is 14.0 Å². The number of halogens is 1. The lowest BCUT2D eigenvalue weighted by Crippen LogP contribution is -2.26. The average Bonchev–Trinajstić information content (AvgIpc) is 2.38. The zero-order valence-corrected chi connectivity index (χ0v) is 9.89. The van der Waals surface area contributed by atoms with Crippen LogP contribution in [0.15, 0.2) is 30.5 Å². The summed E-state index contributed by atoms with van der Waals surface area (Å²) in [7, 11) is 0. The molecular formula is C13H11FN2O3. The molecule has 2 rings (SSSR count). The van der Waals surface area contributed by atoms with Gasteiger partial charge in [-0.3, -0.25) is 14.6 Å². The minimum absolute atomic E-state index is 0.0371. The van der Waals surface area contributed by atoms with Gasteiger partial charge in [0, 0.05) is 18.1 Å². The molecule has 1 aromatic carbocycles. The third kappa shape index (κ3) is 3.04. The van der Waals surface area contributed by atoms with Crippen molar-refractivity contribution in [3.8, 4) is 0 Å². The van der Waals surface area contributed by atoms with Crippen molar-refractivity contribution in [2.45, 2.75) is 6.42 Å². The van der Waals surface area contributed by atoms with E-state index >= 15 is 0 Å². The van der Waals surface area contributed by atoms with Crippen LogP contribution in [0.5, 0.6) is 0 Å². The van der Waals surface area contributed by atoms with Crippen molar-refractivity contribution < 1.29 is 19.1 Å². The van der Waals surface area contributed by atoms with E-state index in [1.807, 2.05) is 0 Å². The van der Waals surface area contributed by atoms with Gasteiger partial charge in [0.05, 0.1) is 12.0 Å². The van der Waals surface area contributed by atoms with E-state index in [-0.39, 0.29) is 24.0 Å². The van der Waals surface area contributed by atoms with Crippen LogP contribution in [0.4, 0.5) is 4.39 Å². The Morgan fingerprint density at radius 2 is 2.16 bits per heavy atom. The van der Waals surface area contributed by atoms with Crippen molar-refractivity contribution in [1.29, 1.82) is 0 Å². The van der Waals surface area contributed by atoms with Crippen molar-refractivity contribution in [1.82, 2.24) is 10.3 Å². The van der Waals surface area contributed by atoms with Crippen LogP contribution in [0, 0.1) is 5.82 Å². The lowest BCUT2D eigenvalue weighted by molar-refractivity contribution is -0.136. The third-order valence-corrected chi connectivity index (χ3v) is 2.55. The molecule has 2 N–H and O–H groups in total. The molecule has 0 spiro atoms. The molecule has 0 saturated carbocycles. The second-order valence-electron chi connectivity index (χ2n) is 3.94. The number of rotatable bonds is 4. The first-order valence-corrected chi connectivity index (χ1v) is 5.62. The van der Waals surface area contributed by atoms with Gasteiger partial charge in [-0.2, -0.15) is 0 Å². The predicted molar refractivity (Wildman–Crippen MR) is 66.3 cm³/mol. The Morgan fingerprint density at radius 3 is 2.89 bits per heavy atom. The Hall–Kier alpha value is -2.50. The molecule has 0 fully saturated rings. The maximum absolute atomic E-state index is 13.4. The number of carbonyl (C=O) groups excluding carboxylic acids is 1. The fourth-order valence-electron chi connectivity index (χ4n) is 1.63. The maximum atomic E-state index is 13.4. The number of carboxylic acid groups (broad SMARTS) is 1. The molecule has 0 aliphatic heterocycles. The topological polar surface area (TPSA) is 79.3 Å². The second-order valence-corrected chi connectivity index (χ2v) is 3.94.